The first-order valence-corrected chi connectivity index (χ1v) is 9.52. The molecule has 3 rings (SSSR count). The number of hydrogen-bond donors (Lipinski definition) is 0. The minimum atomic E-state index is -0.380. The first-order chi connectivity index (χ1) is 13.1. The van der Waals surface area contributed by atoms with Crippen LogP contribution in [0.15, 0.2) is 41.4 Å². The Morgan fingerprint density at radius 2 is 1.93 bits per heavy atom. The highest BCUT2D eigenvalue weighted by molar-refractivity contribution is 6.33. The molecule has 146 valence electrons. The number of carbonyl (C=O) groups is 1. The lowest BCUT2D eigenvalue weighted by atomic mass is 9.88. The predicted octanol–water partition coefficient (Wildman–Crippen LogP) is 5.82. The van der Waals surface area contributed by atoms with E-state index in [9.17, 15) is 4.79 Å². The van der Waals surface area contributed by atoms with Gasteiger partial charge in [0.15, 0.2) is 0 Å². The van der Waals surface area contributed by atoms with Crippen LogP contribution in [0.25, 0.3) is 5.57 Å². The molecular weight excluding hydrogens is 372 g/mol. The van der Waals surface area contributed by atoms with E-state index in [1.165, 1.54) is 12.7 Å². The number of rotatable bonds is 3. The van der Waals surface area contributed by atoms with E-state index >= 15 is 0 Å². The number of esters is 1. The average molecular weight is 397 g/mol. The summed E-state index contributed by atoms with van der Waals surface area (Å²) in [4.78, 5) is 18.6. The van der Waals surface area contributed by atoms with Crippen molar-refractivity contribution in [3.05, 3.63) is 63.7 Å². The molecule has 0 fully saturated rings. The van der Waals surface area contributed by atoms with Crippen LogP contribution in [0.1, 0.15) is 47.8 Å². The molecule has 28 heavy (non-hydrogen) atoms. The first-order valence-electron chi connectivity index (χ1n) is 9.14. The minimum Gasteiger partial charge on any atom is -0.465 e. The van der Waals surface area contributed by atoms with Crippen LogP contribution in [-0.2, 0) is 4.74 Å². The zero-order valence-electron chi connectivity index (χ0n) is 17.1. The topological polar surface area (TPSA) is 41.9 Å². The second-order valence-electron chi connectivity index (χ2n) is 7.68. The molecule has 0 unspecified atom stereocenters. The molecule has 0 saturated heterocycles. The third kappa shape index (κ3) is 3.69. The number of methoxy groups -OCH3 is 1. The van der Waals surface area contributed by atoms with E-state index in [-0.39, 0.29) is 11.5 Å². The van der Waals surface area contributed by atoms with E-state index in [0.29, 0.717) is 16.3 Å². The van der Waals surface area contributed by atoms with Gasteiger partial charge in [0, 0.05) is 30.1 Å². The quantitative estimate of drug-likeness (QED) is 0.485. The maximum Gasteiger partial charge on any atom is 0.337 e. The lowest BCUT2D eigenvalue weighted by molar-refractivity contribution is 0.0601. The largest absolute Gasteiger partial charge is 0.465 e. The highest BCUT2D eigenvalue weighted by Crippen LogP contribution is 2.40. The molecule has 0 N–H and O–H groups in total. The van der Waals surface area contributed by atoms with Gasteiger partial charge in [0.05, 0.1) is 28.9 Å². The van der Waals surface area contributed by atoms with Crippen molar-refractivity contribution in [2.24, 2.45) is 4.99 Å². The van der Waals surface area contributed by atoms with Gasteiger partial charge in [-0.3, -0.25) is 4.99 Å². The summed E-state index contributed by atoms with van der Waals surface area (Å²) in [6.07, 6.45) is 4.01. The number of benzene rings is 2. The van der Waals surface area contributed by atoms with Gasteiger partial charge in [-0.05, 0) is 63.1 Å². The number of anilines is 1. The van der Waals surface area contributed by atoms with Crippen LogP contribution in [0.5, 0.6) is 0 Å². The molecule has 1 aliphatic heterocycles. The van der Waals surface area contributed by atoms with E-state index in [1.54, 1.807) is 18.3 Å². The molecular formula is C23H25ClN2O2. The van der Waals surface area contributed by atoms with Crippen molar-refractivity contribution in [2.75, 3.05) is 19.1 Å². The van der Waals surface area contributed by atoms with Gasteiger partial charge in [0.2, 0.25) is 0 Å². The van der Waals surface area contributed by atoms with Gasteiger partial charge < -0.3 is 9.64 Å². The maximum absolute atomic E-state index is 11.8. The smallest absolute Gasteiger partial charge is 0.337 e. The van der Waals surface area contributed by atoms with Gasteiger partial charge in [-0.25, -0.2) is 4.79 Å². The van der Waals surface area contributed by atoms with Crippen LogP contribution in [0, 0.1) is 6.92 Å². The highest BCUT2D eigenvalue weighted by atomic mass is 35.5. The van der Waals surface area contributed by atoms with Gasteiger partial charge in [-0.1, -0.05) is 23.7 Å². The normalized spacial score (nSPS) is 15.4. The lowest BCUT2D eigenvalue weighted by Gasteiger charge is -2.40. The van der Waals surface area contributed by atoms with Gasteiger partial charge in [-0.15, -0.1) is 0 Å². The third-order valence-corrected chi connectivity index (χ3v) is 5.64. The fraction of sp³-hybridized carbons (Fsp3) is 0.304. The summed E-state index contributed by atoms with van der Waals surface area (Å²) in [7, 11) is 3.44. The molecule has 2 aromatic carbocycles. The van der Waals surface area contributed by atoms with Crippen molar-refractivity contribution in [1.29, 1.82) is 0 Å². The number of aliphatic imine (C=N–C) groups is 1. The van der Waals surface area contributed by atoms with Crippen LogP contribution >= 0.6 is 11.6 Å². The van der Waals surface area contributed by atoms with E-state index in [1.807, 2.05) is 19.1 Å². The number of carbonyl (C=O) groups excluding carboxylic acids is 1. The summed E-state index contributed by atoms with van der Waals surface area (Å²) in [6, 6.07) is 9.38. The van der Waals surface area contributed by atoms with Crippen molar-refractivity contribution in [2.45, 2.75) is 33.2 Å². The Morgan fingerprint density at radius 1 is 1.21 bits per heavy atom. The highest BCUT2D eigenvalue weighted by Gasteiger charge is 2.29. The van der Waals surface area contributed by atoms with Crippen molar-refractivity contribution in [3.63, 3.8) is 0 Å². The Morgan fingerprint density at radius 3 is 2.61 bits per heavy atom. The van der Waals surface area contributed by atoms with Crippen LogP contribution in [-0.4, -0.2) is 31.9 Å². The Bertz CT molecular complexity index is 1010. The van der Waals surface area contributed by atoms with E-state index in [0.717, 1.165) is 22.4 Å². The fourth-order valence-corrected chi connectivity index (χ4v) is 3.63. The Balaban J connectivity index is 2.01. The molecule has 4 nitrogen and oxygen atoms in total. The number of halogens is 1. The standard InChI is InChI=1S/C23H25ClN2O2/c1-14-7-8-16(22(27)28-6)10-20(14)25-13-17-9-18-15(2)12-23(3,4)26(5)21(18)11-19(17)24/h7-13H,1-6H3. The van der Waals surface area contributed by atoms with Crippen molar-refractivity contribution in [3.8, 4) is 0 Å². The predicted molar refractivity (Wildman–Crippen MR) is 117 cm³/mol. The van der Waals surface area contributed by atoms with Gasteiger partial charge in [0.25, 0.3) is 0 Å². The summed E-state index contributed by atoms with van der Waals surface area (Å²) >= 11 is 6.57. The second kappa shape index (κ2) is 7.44. The third-order valence-electron chi connectivity index (χ3n) is 5.31. The number of aryl methyl sites for hydroxylation is 1. The number of ether oxygens (including phenoxy) is 1. The molecule has 0 aliphatic carbocycles. The fourth-order valence-electron chi connectivity index (χ4n) is 3.42. The summed E-state index contributed by atoms with van der Waals surface area (Å²) in [5.74, 6) is -0.380. The number of nitrogens with zero attached hydrogens (tertiary/aromatic N) is 2. The number of fused-ring (bicyclic) bond motifs is 1. The van der Waals surface area contributed by atoms with Gasteiger partial charge in [-0.2, -0.15) is 0 Å². The molecule has 0 amide bonds. The summed E-state index contributed by atoms with van der Waals surface area (Å²) in [5, 5.41) is 0.640. The molecule has 5 heteroatoms. The number of likely N-dealkylation sites (N-methyl/N-ethyl adjacent to an activating group) is 1. The van der Waals surface area contributed by atoms with Crippen LogP contribution < -0.4 is 4.90 Å². The first kappa shape index (κ1) is 20.2. The Labute approximate surface area is 171 Å². The molecule has 0 spiro atoms. The monoisotopic (exact) mass is 396 g/mol. The molecule has 1 aliphatic rings. The van der Waals surface area contributed by atoms with Crippen LogP contribution in [0.4, 0.5) is 11.4 Å². The zero-order valence-corrected chi connectivity index (χ0v) is 17.9. The van der Waals surface area contributed by atoms with E-state index in [2.05, 4.69) is 49.9 Å². The maximum atomic E-state index is 11.8. The van der Waals surface area contributed by atoms with Crippen LogP contribution in [0.3, 0.4) is 0 Å². The molecule has 0 aromatic heterocycles. The van der Waals surface area contributed by atoms with Gasteiger partial charge >= 0.3 is 5.97 Å². The molecule has 0 saturated carbocycles. The summed E-state index contributed by atoms with van der Waals surface area (Å²) in [5.41, 5.74) is 6.39. The molecule has 1 heterocycles. The zero-order chi connectivity index (χ0) is 20.6. The Kier molecular flexibility index (Phi) is 5.35. The molecule has 0 radical (unpaired) electrons. The van der Waals surface area contributed by atoms with Crippen LogP contribution in [0.2, 0.25) is 5.02 Å². The second-order valence-corrected chi connectivity index (χ2v) is 8.09. The average Bonchev–Trinajstić information content (AvgIpc) is 2.65. The minimum absolute atomic E-state index is 0.0680. The van der Waals surface area contributed by atoms with Crippen molar-refractivity contribution >= 4 is 40.7 Å². The molecule has 2 aromatic rings. The van der Waals surface area contributed by atoms with E-state index in [4.69, 9.17) is 16.3 Å². The number of hydrogen-bond acceptors (Lipinski definition) is 4. The lowest BCUT2D eigenvalue weighted by Crippen LogP contribution is -2.42. The van der Waals surface area contributed by atoms with Crippen molar-refractivity contribution in [1.82, 2.24) is 0 Å². The Hall–Kier alpha value is -2.59. The van der Waals surface area contributed by atoms with Crippen molar-refractivity contribution < 1.29 is 9.53 Å². The molecule has 0 atom stereocenters. The number of allylic oxidation sites excluding steroid dienone is 1. The van der Waals surface area contributed by atoms with Gasteiger partial charge in [0.1, 0.15) is 0 Å². The molecule has 0 bridgehead atoms. The SMILES string of the molecule is COC(=O)c1ccc(C)c(N=Cc2cc3c(cc2Cl)N(C)C(C)(C)C=C3C)c1. The van der Waals surface area contributed by atoms with E-state index < -0.39 is 0 Å². The summed E-state index contributed by atoms with van der Waals surface area (Å²) in [6.45, 7) is 8.43. The summed E-state index contributed by atoms with van der Waals surface area (Å²) < 4.78 is 4.79.